The largest absolute Gasteiger partial charge is 0.467 e. The molecular formula is C22H20N4O4S2. The molecule has 0 saturated heterocycles. The zero-order valence-electron chi connectivity index (χ0n) is 16.9. The van der Waals surface area contributed by atoms with E-state index >= 15 is 0 Å². The molecule has 0 bridgehead atoms. The first kappa shape index (κ1) is 22.0. The van der Waals surface area contributed by atoms with Crippen LogP contribution < -0.4 is 10.6 Å². The van der Waals surface area contributed by atoms with E-state index in [2.05, 4.69) is 20.6 Å². The van der Waals surface area contributed by atoms with Gasteiger partial charge in [0.2, 0.25) is 11.8 Å². The summed E-state index contributed by atoms with van der Waals surface area (Å²) < 4.78 is 10.4. The van der Waals surface area contributed by atoms with Crippen molar-refractivity contribution in [1.82, 2.24) is 20.6 Å². The Balaban J connectivity index is 1.38. The number of amides is 2. The van der Waals surface area contributed by atoms with E-state index < -0.39 is 0 Å². The van der Waals surface area contributed by atoms with Crippen molar-refractivity contribution < 1.29 is 18.4 Å². The molecule has 4 rings (SSSR count). The first-order chi connectivity index (χ1) is 15.7. The molecule has 32 heavy (non-hydrogen) atoms. The highest BCUT2D eigenvalue weighted by molar-refractivity contribution is 8.02. The number of para-hydroxylation sites is 2. The summed E-state index contributed by atoms with van der Waals surface area (Å²) in [6, 6.07) is 14.7. The van der Waals surface area contributed by atoms with Gasteiger partial charge in [-0.25, -0.2) is 9.97 Å². The van der Waals surface area contributed by atoms with Crippen LogP contribution in [0.2, 0.25) is 0 Å². The molecule has 0 saturated carbocycles. The van der Waals surface area contributed by atoms with E-state index in [1.165, 1.54) is 23.5 Å². The van der Waals surface area contributed by atoms with Gasteiger partial charge in [-0.05, 0) is 36.4 Å². The van der Waals surface area contributed by atoms with E-state index in [1.54, 1.807) is 36.8 Å². The molecule has 0 aliphatic rings. The number of furan rings is 2. The molecule has 0 spiro atoms. The zero-order valence-corrected chi connectivity index (χ0v) is 18.6. The van der Waals surface area contributed by atoms with Gasteiger partial charge in [0, 0.05) is 0 Å². The highest BCUT2D eigenvalue weighted by atomic mass is 32.2. The van der Waals surface area contributed by atoms with Crippen LogP contribution in [0.1, 0.15) is 11.5 Å². The Kier molecular flexibility index (Phi) is 7.47. The Morgan fingerprint density at radius 3 is 1.59 bits per heavy atom. The molecule has 0 radical (unpaired) electrons. The number of carbonyl (C=O) groups excluding carboxylic acids is 2. The molecule has 2 N–H and O–H groups in total. The van der Waals surface area contributed by atoms with E-state index in [9.17, 15) is 9.59 Å². The van der Waals surface area contributed by atoms with Gasteiger partial charge in [-0.2, -0.15) is 0 Å². The van der Waals surface area contributed by atoms with E-state index in [0.29, 0.717) is 34.7 Å². The molecule has 2 amide bonds. The Labute approximate surface area is 192 Å². The lowest BCUT2D eigenvalue weighted by Crippen LogP contribution is -2.24. The minimum atomic E-state index is -0.145. The third-order valence-electron chi connectivity index (χ3n) is 4.27. The van der Waals surface area contributed by atoms with Gasteiger partial charge in [-0.3, -0.25) is 9.59 Å². The van der Waals surface area contributed by atoms with Crippen LogP contribution in [0.15, 0.2) is 79.9 Å². The van der Waals surface area contributed by atoms with Crippen LogP contribution in [-0.2, 0) is 22.7 Å². The third-order valence-corrected chi connectivity index (χ3v) is 6.33. The van der Waals surface area contributed by atoms with Crippen molar-refractivity contribution in [3.63, 3.8) is 0 Å². The highest BCUT2D eigenvalue weighted by Crippen LogP contribution is 2.29. The van der Waals surface area contributed by atoms with Crippen molar-refractivity contribution in [2.24, 2.45) is 0 Å². The monoisotopic (exact) mass is 468 g/mol. The average Bonchev–Trinajstić information content (AvgIpc) is 3.52. The number of benzene rings is 1. The molecule has 3 aromatic heterocycles. The minimum Gasteiger partial charge on any atom is -0.467 e. The summed E-state index contributed by atoms with van der Waals surface area (Å²) in [6.45, 7) is 0.653. The molecule has 3 heterocycles. The van der Waals surface area contributed by atoms with Gasteiger partial charge in [0.25, 0.3) is 0 Å². The molecule has 10 heteroatoms. The molecule has 0 aliphatic heterocycles. The Bertz CT molecular complexity index is 1090. The Morgan fingerprint density at radius 1 is 0.719 bits per heavy atom. The fourth-order valence-electron chi connectivity index (χ4n) is 2.72. The number of nitrogens with one attached hydrogen (secondary N) is 2. The summed E-state index contributed by atoms with van der Waals surface area (Å²) in [5.74, 6) is 1.43. The second kappa shape index (κ2) is 10.9. The van der Waals surface area contributed by atoms with Crippen LogP contribution in [-0.4, -0.2) is 33.3 Å². The van der Waals surface area contributed by atoms with Crippen LogP contribution in [0.4, 0.5) is 0 Å². The lowest BCUT2D eigenvalue weighted by molar-refractivity contribution is -0.119. The predicted octanol–water partition coefficient (Wildman–Crippen LogP) is 3.63. The van der Waals surface area contributed by atoms with Gasteiger partial charge < -0.3 is 19.5 Å². The minimum absolute atomic E-state index is 0.145. The summed E-state index contributed by atoms with van der Waals surface area (Å²) in [5.41, 5.74) is 1.47. The molecule has 164 valence electrons. The molecule has 0 unspecified atom stereocenters. The number of hydrogen-bond donors (Lipinski definition) is 2. The van der Waals surface area contributed by atoms with Crippen LogP contribution in [0.25, 0.3) is 11.0 Å². The number of nitrogens with zero attached hydrogens (tertiary/aromatic N) is 2. The molecule has 0 fully saturated rings. The summed E-state index contributed by atoms with van der Waals surface area (Å²) >= 11 is 2.57. The van der Waals surface area contributed by atoms with E-state index in [4.69, 9.17) is 8.83 Å². The molecular weight excluding hydrogens is 448 g/mol. The molecule has 4 aromatic rings. The van der Waals surface area contributed by atoms with E-state index in [-0.39, 0.29) is 23.3 Å². The summed E-state index contributed by atoms with van der Waals surface area (Å²) in [6.07, 6.45) is 3.13. The van der Waals surface area contributed by atoms with E-state index in [1.807, 2.05) is 24.3 Å². The number of carbonyl (C=O) groups is 2. The standard InChI is InChI=1S/C22H20N4O4S2/c27-19(23-11-15-5-3-9-29-15)13-31-21-22(26-18-8-2-1-7-17(18)25-21)32-14-20(28)24-12-16-6-4-10-30-16/h1-10H,11-14H2,(H,23,27)(H,24,28). The highest BCUT2D eigenvalue weighted by Gasteiger charge is 2.14. The fourth-order valence-corrected chi connectivity index (χ4v) is 4.48. The van der Waals surface area contributed by atoms with Crippen molar-refractivity contribution in [3.8, 4) is 0 Å². The number of fused-ring (bicyclic) bond motifs is 1. The normalized spacial score (nSPS) is 10.9. The van der Waals surface area contributed by atoms with Crippen molar-refractivity contribution in [2.45, 2.75) is 23.1 Å². The van der Waals surface area contributed by atoms with Gasteiger partial charge >= 0.3 is 0 Å². The van der Waals surface area contributed by atoms with Gasteiger partial charge in [0.05, 0.1) is 48.2 Å². The summed E-state index contributed by atoms with van der Waals surface area (Å²) in [5, 5.41) is 6.84. The van der Waals surface area contributed by atoms with Gasteiger partial charge in [-0.15, -0.1) is 0 Å². The van der Waals surface area contributed by atoms with Gasteiger partial charge in [-0.1, -0.05) is 35.7 Å². The second-order valence-electron chi connectivity index (χ2n) is 6.61. The SMILES string of the molecule is O=C(CSc1nc2ccccc2nc1SCC(=O)NCc1ccco1)NCc1ccco1. The number of hydrogen-bond acceptors (Lipinski definition) is 8. The number of thioether (sulfide) groups is 2. The molecule has 0 aliphatic carbocycles. The van der Waals surface area contributed by atoms with Crippen molar-refractivity contribution in [1.29, 1.82) is 0 Å². The van der Waals surface area contributed by atoms with Crippen molar-refractivity contribution >= 4 is 46.4 Å². The number of aromatic nitrogens is 2. The predicted molar refractivity (Wildman–Crippen MR) is 122 cm³/mol. The smallest absolute Gasteiger partial charge is 0.230 e. The molecule has 1 aromatic carbocycles. The topological polar surface area (TPSA) is 110 Å². The maximum Gasteiger partial charge on any atom is 0.230 e. The first-order valence-corrected chi connectivity index (χ1v) is 11.7. The van der Waals surface area contributed by atoms with Crippen LogP contribution >= 0.6 is 23.5 Å². The summed E-state index contributed by atoms with van der Waals surface area (Å²) in [7, 11) is 0. The lowest BCUT2D eigenvalue weighted by Gasteiger charge is -2.09. The Morgan fingerprint density at radius 2 is 1.19 bits per heavy atom. The van der Waals surface area contributed by atoms with Crippen LogP contribution in [0.3, 0.4) is 0 Å². The number of rotatable bonds is 10. The third kappa shape index (κ3) is 6.14. The van der Waals surface area contributed by atoms with Crippen LogP contribution in [0.5, 0.6) is 0 Å². The molecule has 0 atom stereocenters. The maximum absolute atomic E-state index is 12.2. The average molecular weight is 469 g/mol. The van der Waals surface area contributed by atoms with Gasteiger partial charge in [0.15, 0.2) is 0 Å². The fraction of sp³-hybridized carbons (Fsp3) is 0.182. The van der Waals surface area contributed by atoms with E-state index in [0.717, 1.165) is 11.0 Å². The quantitative estimate of drug-likeness (QED) is 0.340. The van der Waals surface area contributed by atoms with Crippen molar-refractivity contribution in [2.75, 3.05) is 11.5 Å². The second-order valence-corrected chi connectivity index (χ2v) is 8.54. The Hall–Kier alpha value is -3.24. The van der Waals surface area contributed by atoms with Crippen molar-refractivity contribution in [3.05, 3.63) is 72.6 Å². The zero-order chi connectivity index (χ0) is 22.2. The molecule has 8 nitrogen and oxygen atoms in total. The van der Waals surface area contributed by atoms with Crippen LogP contribution in [0, 0.1) is 0 Å². The van der Waals surface area contributed by atoms with Gasteiger partial charge in [0.1, 0.15) is 21.6 Å². The summed E-state index contributed by atoms with van der Waals surface area (Å²) in [4.78, 5) is 33.8. The lowest BCUT2D eigenvalue weighted by atomic mass is 10.3. The first-order valence-electron chi connectivity index (χ1n) is 9.78. The maximum atomic E-state index is 12.2.